The van der Waals surface area contributed by atoms with Gasteiger partial charge < -0.3 is 15.7 Å². The lowest BCUT2D eigenvalue weighted by Crippen LogP contribution is -2.68. The molecule has 0 unspecified atom stereocenters. The van der Waals surface area contributed by atoms with Crippen molar-refractivity contribution in [2.24, 2.45) is 0 Å². The molecule has 3 atom stereocenters. The monoisotopic (exact) mass is 438 g/mol. The number of fused-ring (bicyclic) bond motifs is 1. The molecule has 4 heterocycles. The van der Waals surface area contributed by atoms with Crippen molar-refractivity contribution in [2.45, 2.75) is 67.9 Å². The van der Waals surface area contributed by atoms with E-state index in [0.717, 1.165) is 5.75 Å². The summed E-state index contributed by atoms with van der Waals surface area (Å²) in [6, 6.07) is -0.330. The predicted octanol–water partition coefficient (Wildman–Crippen LogP) is -0.599. The van der Waals surface area contributed by atoms with E-state index in [-0.39, 0.29) is 61.9 Å². The van der Waals surface area contributed by atoms with Crippen molar-refractivity contribution in [1.82, 2.24) is 20.4 Å². The Morgan fingerprint density at radius 1 is 0.967 bits per heavy atom. The van der Waals surface area contributed by atoms with Crippen molar-refractivity contribution >= 4 is 47.4 Å². The van der Waals surface area contributed by atoms with Gasteiger partial charge in [-0.1, -0.05) is 0 Å². The van der Waals surface area contributed by atoms with Crippen LogP contribution in [0.5, 0.6) is 0 Å². The molecule has 4 fully saturated rings. The standard InChI is InChI=1S/C18H22N4O7S/c23-11-3-4-12(24)21(11)18(16(27)28,22-13(25)5-6-14(22)26)7-1-2-10-15-9(8-30-10)19-17(29)20-15/h9-10,15H,1-8H2,(H,27,28)(H2,19,20,29)/t9-,10-,15-/m0/s1. The van der Waals surface area contributed by atoms with Gasteiger partial charge in [0.15, 0.2) is 0 Å². The van der Waals surface area contributed by atoms with Crippen LogP contribution < -0.4 is 10.6 Å². The maximum absolute atomic E-state index is 12.5. The lowest BCUT2D eigenvalue weighted by molar-refractivity contribution is -0.184. The number of nitrogens with zero attached hydrogens (tertiary/aromatic N) is 2. The number of carboxylic acid groups (broad SMARTS) is 1. The Kier molecular flexibility index (Phi) is 5.20. The largest absolute Gasteiger partial charge is 0.478 e. The van der Waals surface area contributed by atoms with Crippen LogP contribution in [0.4, 0.5) is 4.79 Å². The molecule has 0 bridgehead atoms. The highest BCUT2D eigenvalue weighted by Crippen LogP contribution is 2.38. The maximum atomic E-state index is 12.5. The number of imide groups is 2. The number of urea groups is 1. The Hall–Kier alpha value is -2.63. The number of carbonyl (C=O) groups excluding carboxylic acids is 5. The molecule has 30 heavy (non-hydrogen) atoms. The SMILES string of the molecule is O=C1N[C@H]2[C@H](CS[C@H]2CCCC(C(=O)O)(N2C(=O)CCC2=O)N2C(=O)CCC2=O)N1. The van der Waals surface area contributed by atoms with E-state index in [1.807, 2.05) is 0 Å². The van der Waals surface area contributed by atoms with Gasteiger partial charge in [0.2, 0.25) is 29.3 Å². The van der Waals surface area contributed by atoms with E-state index in [1.54, 1.807) is 11.8 Å². The highest BCUT2D eigenvalue weighted by atomic mass is 32.2. The van der Waals surface area contributed by atoms with Crippen molar-refractivity contribution in [1.29, 1.82) is 0 Å². The minimum atomic E-state index is -2.34. The Morgan fingerprint density at radius 3 is 2.00 bits per heavy atom. The second-order valence-corrected chi connectivity index (χ2v) is 9.15. The van der Waals surface area contributed by atoms with Gasteiger partial charge in [0.1, 0.15) is 0 Å². The molecule has 4 aliphatic heterocycles. The van der Waals surface area contributed by atoms with Crippen molar-refractivity contribution in [3.63, 3.8) is 0 Å². The van der Waals surface area contributed by atoms with Crippen molar-refractivity contribution in [3.05, 3.63) is 0 Å². The smallest absolute Gasteiger partial charge is 0.351 e. The molecule has 0 aromatic rings. The molecule has 0 spiro atoms. The molecule has 11 nitrogen and oxygen atoms in total. The number of nitrogens with one attached hydrogen (secondary N) is 2. The minimum Gasteiger partial charge on any atom is -0.478 e. The summed E-state index contributed by atoms with van der Waals surface area (Å²) in [6.45, 7) is 0. The van der Waals surface area contributed by atoms with Crippen LogP contribution in [-0.4, -0.2) is 79.3 Å². The second-order valence-electron chi connectivity index (χ2n) is 7.88. The Bertz CT molecular complexity index is 778. The van der Waals surface area contributed by atoms with Crippen LogP contribution in [0.2, 0.25) is 0 Å². The van der Waals surface area contributed by atoms with Gasteiger partial charge in [-0.05, 0) is 12.8 Å². The third-order valence-electron chi connectivity index (χ3n) is 6.14. The summed E-state index contributed by atoms with van der Waals surface area (Å²) in [5.74, 6) is -3.63. The molecule has 3 N–H and O–H groups in total. The molecular formula is C18H22N4O7S. The molecule has 12 heteroatoms. The van der Waals surface area contributed by atoms with Crippen molar-refractivity contribution in [2.75, 3.05) is 5.75 Å². The van der Waals surface area contributed by atoms with Gasteiger partial charge >= 0.3 is 12.0 Å². The zero-order valence-corrected chi connectivity index (χ0v) is 16.9. The van der Waals surface area contributed by atoms with Crippen LogP contribution >= 0.6 is 11.8 Å². The maximum Gasteiger partial charge on any atom is 0.351 e. The first kappa shape index (κ1) is 20.6. The molecule has 0 saturated carbocycles. The quantitative estimate of drug-likeness (QED) is 0.352. The van der Waals surface area contributed by atoms with Crippen LogP contribution in [0, 0.1) is 0 Å². The molecule has 0 aromatic carbocycles. The molecule has 0 aromatic heterocycles. The summed E-state index contributed by atoms with van der Waals surface area (Å²) in [4.78, 5) is 75.0. The van der Waals surface area contributed by atoms with Gasteiger partial charge in [-0.25, -0.2) is 19.4 Å². The fourth-order valence-corrected chi connectivity index (χ4v) is 6.34. The van der Waals surface area contributed by atoms with Crippen LogP contribution in [0.25, 0.3) is 0 Å². The van der Waals surface area contributed by atoms with Gasteiger partial charge in [-0.2, -0.15) is 11.8 Å². The number of likely N-dealkylation sites (tertiary alicyclic amines) is 2. The van der Waals surface area contributed by atoms with Gasteiger partial charge in [0.05, 0.1) is 12.1 Å². The molecule has 162 valence electrons. The summed E-state index contributed by atoms with van der Waals surface area (Å²) in [7, 11) is 0. The predicted molar refractivity (Wildman–Crippen MR) is 102 cm³/mol. The highest BCUT2D eigenvalue weighted by Gasteiger charge is 2.60. The zero-order valence-electron chi connectivity index (χ0n) is 16.1. The summed E-state index contributed by atoms with van der Waals surface area (Å²) in [6.07, 6.45) is -0.0956. The Balaban J connectivity index is 1.59. The van der Waals surface area contributed by atoms with Gasteiger partial charge in [-0.15, -0.1) is 0 Å². The topological polar surface area (TPSA) is 153 Å². The third-order valence-corrected chi connectivity index (χ3v) is 7.65. The number of carboxylic acids is 1. The minimum absolute atomic E-state index is 0.000191. The van der Waals surface area contributed by atoms with E-state index in [4.69, 9.17) is 0 Å². The van der Waals surface area contributed by atoms with E-state index in [0.29, 0.717) is 16.2 Å². The molecule has 6 amide bonds. The molecule has 0 aliphatic carbocycles. The highest BCUT2D eigenvalue weighted by molar-refractivity contribution is 8.00. The Labute approximate surface area is 175 Å². The molecule has 4 saturated heterocycles. The van der Waals surface area contributed by atoms with E-state index in [2.05, 4.69) is 10.6 Å². The second kappa shape index (κ2) is 7.56. The molecule has 4 rings (SSSR count). The first-order valence-corrected chi connectivity index (χ1v) is 10.9. The Morgan fingerprint density at radius 2 is 1.50 bits per heavy atom. The van der Waals surface area contributed by atoms with Gasteiger partial charge in [0.25, 0.3) is 0 Å². The lowest BCUT2D eigenvalue weighted by atomic mass is 9.95. The van der Waals surface area contributed by atoms with Crippen LogP contribution in [0.3, 0.4) is 0 Å². The number of rotatable bonds is 7. The van der Waals surface area contributed by atoms with Gasteiger partial charge in [0, 0.05) is 43.1 Å². The fraction of sp³-hybridized carbons (Fsp3) is 0.667. The summed E-state index contributed by atoms with van der Waals surface area (Å²) < 4.78 is 0. The van der Waals surface area contributed by atoms with Crippen LogP contribution in [0.1, 0.15) is 44.9 Å². The van der Waals surface area contributed by atoms with Crippen LogP contribution in [-0.2, 0) is 24.0 Å². The number of amides is 6. The lowest BCUT2D eigenvalue weighted by Gasteiger charge is -2.42. The number of hydrogen-bond donors (Lipinski definition) is 3. The van der Waals surface area contributed by atoms with E-state index >= 15 is 0 Å². The number of aliphatic carboxylic acids is 1. The molecule has 0 radical (unpaired) electrons. The number of carbonyl (C=O) groups is 6. The summed E-state index contributed by atoms with van der Waals surface area (Å²) in [5, 5.41) is 15.8. The number of thioether (sulfide) groups is 1. The number of hydrogen-bond acceptors (Lipinski definition) is 7. The van der Waals surface area contributed by atoms with Gasteiger partial charge in [-0.3, -0.25) is 19.2 Å². The van der Waals surface area contributed by atoms with E-state index in [1.165, 1.54) is 0 Å². The molecule has 4 aliphatic rings. The fourth-order valence-electron chi connectivity index (χ4n) is 4.79. The third kappa shape index (κ3) is 3.13. The first-order valence-electron chi connectivity index (χ1n) is 9.89. The van der Waals surface area contributed by atoms with Crippen molar-refractivity contribution in [3.8, 4) is 0 Å². The molecular weight excluding hydrogens is 416 g/mol. The normalized spacial score (nSPS) is 28.9. The van der Waals surface area contributed by atoms with Crippen LogP contribution in [0.15, 0.2) is 0 Å². The average molecular weight is 438 g/mol. The first-order chi connectivity index (χ1) is 14.3. The van der Waals surface area contributed by atoms with E-state index < -0.39 is 35.3 Å². The summed E-state index contributed by atoms with van der Waals surface area (Å²) in [5.41, 5.74) is -2.34. The average Bonchev–Trinajstić information content (AvgIpc) is 3.40. The van der Waals surface area contributed by atoms with E-state index in [9.17, 15) is 33.9 Å². The summed E-state index contributed by atoms with van der Waals surface area (Å²) >= 11 is 1.64. The zero-order chi connectivity index (χ0) is 21.6. The van der Waals surface area contributed by atoms with Crippen molar-refractivity contribution < 1.29 is 33.9 Å².